The van der Waals surface area contributed by atoms with Crippen LogP contribution in [-0.4, -0.2) is 193 Å². The van der Waals surface area contributed by atoms with Crippen molar-refractivity contribution < 1.29 is 91.5 Å². The van der Waals surface area contributed by atoms with Gasteiger partial charge in [0.05, 0.1) is 60.1 Å². The molecule has 30 heteroatoms. The number of aromatic nitrogens is 2. The smallest absolute Gasteiger partial charge is 0.419 e. The largest absolute Gasteiger partial charge is 0.480 e. The summed E-state index contributed by atoms with van der Waals surface area (Å²) in [6, 6.07) is -2.81. The number of carboxylic acids is 1. The van der Waals surface area contributed by atoms with Crippen molar-refractivity contribution in [3.63, 3.8) is 0 Å². The van der Waals surface area contributed by atoms with Crippen molar-refractivity contribution in [2.24, 2.45) is 0 Å². The number of carbonyl (C=O) groups excluding carboxylic acids is 10. The van der Waals surface area contributed by atoms with Crippen molar-refractivity contribution >= 4 is 65.4 Å². The number of aliphatic carboxylic acids is 1. The van der Waals surface area contributed by atoms with E-state index < -0.39 is 186 Å². The Morgan fingerprint density at radius 1 is 0.522 bits per heavy atom. The first-order valence-corrected chi connectivity index (χ1v) is 30.2. The maximum atomic E-state index is 14.7. The molecule has 0 radical (unpaired) electrons. The monoisotopic (exact) mass is 1300 g/mol. The second-order valence-corrected chi connectivity index (χ2v) is 27.9. The van der Waals surface area contributed by atoms with Gasteiger partial charge in [0.15, 0.2) is 0 Å². The van der Waals surface area contributed by atoms with Gasteiger partial charge in [-0.3, -0.25) is 43.2 Å². The lowest BCUT2D eigenvalue weighted by atomic mass is 10.0. The molecule has 0 aliphatic rings. The molecule has 0 fully saturated rings. The molecule has 518 valence electrons. The molecule has 1 aromatic carbocycles. The topological polar surface area (TPSA) is 410 Å². The minimum Gasteiger partial charge on any atom is -0.480 e. The summed E-state index contributed by atoms with van der Waals surface area (Å²) in [5, 5.41) is 39.3. The molecule has 92 heavy (non-hydrogen) atoms. The van der Waals surface area contributed by atoms with Gasteiger partial charge in [0.25, 0.3) is 0 Å². The number of alkyl carbamates (subject to hydrolysis) is 1. The fourth-order valence-electron chi connectivity index (χ4n) is 8.20. The van der Waals surface area contributed by atoms with E-state index in [0.717, 1.165) is 10.9 Å². The van der Waals surface area contributed by atoms with Crippen LogP contribution in [0.1, 0.15) is 163 Å². The Balaban J connectivity index is 2.62. The average molecular weight is 1300 g/mol. The molecule has 0 saturated carbocycles. The Bertz CT molecular complexity index is 2820. The predicted octanol–water partition coefficient (Wildman–Crippen LogP) is 2.30. The van der Waals surface area contributed by atoms with Crippen LogP contribution < -0.4 is 48.0 Å². The number of hydrogen-bond donors (Lipinski definition) is 11. The molecule has 0 aliphatic heterocycles. The van der Waals surface area contributed by atoms with Gasteiger partial charge < -0.3 is 76.4 Å². The summed E-state index contributed by atoms with van der Waals surface area (Å²) in [5.74, 6) is -9.21. The summed E-state index contributed by atoms with van der Waals surface area (Å²) in [4.78, 5) is 161. The van der Waals surface area contributed by atoms with Crippen molar-refractivity contribution in [3.05, 3.63) is 54.1 Å². The Morgan fingerprint density at radius 3 is 1.51 bits per heavy atom. The first-order chi connectivity index (χ1) is 42.0. The molecule has 0 saturated heterocycles. The molecule has 0 aliphatic carbocycles. The Kier molecular flexibility index (Phi) is 30.3. The molecule has 0 spiro atoms. The van der Waals surface area contributed by atoms with Gasteiger partial charge in [-0.1, -0.05) is 30.3 Å². The zero-order chi connectivity index (χ0) is 70.5. The van der Waals surface area contributed by atoms with Crippen LogP contribution in [0.15, 0.2) is 42.9 Å². The molecule has 1 aromatic heterocycles. The van der Waals surface area contributed by atoms with Gasteiger partial charge in [-0.15, -0.1) is 0 Å². The van der Waals surface area contributed by atoms with E-state index in [9.17, 15) is 63.0 Å². The minimum absolute atomic E-state index is 0.135. The molecular weight excluding hydrogens is 1200 g/mol. The second-order valence-electron chi connectivity index (χ2n) is 27.9. The number of nitrogens with one attached hydrogen (secondary N) is 9. The van der Waals surface area contributed by atoms with Crippen molar-refractivity contribution in [1.29, 1.82) is 0 Å². The van der Waals surface area contributed by atoms with E-state index in [1.165, 1.54) is 20.0 Å². The molecular formula is C62H101N11O19. The van der Waals surface area contributed by atoms with E-state index in [2.05, 4.69) is 53.0 Å². The Hall–Kier alpha value is -7.80. The highest BCUT2D eigenvalue weighted by Crippen LogP contribution is 2.18. The van der Waals surface area contributed by atoms with Crippen molar-refractivity contribution in [2.45, 2.75) is 252 Å². The number of amides is 9. The minimum atomic E-state index is -1.75. The Labute approximate surface area is 538 Å². The second kappa shape index (κ2) is 34.7. The zero-order valence-electron chi connectivity index (χ0n) is 56.9. The van der Waals surface area contributed by atoms with E-state index >= 15 is 0 Å². The van der Waals surface area contributed by atoms with Crippen molar-refractivity contribution in [2.75, 3.05) is 19.8 Å². The van der Waals surface area contributed by atoms with Crippen LogP contribution in [-0.2, 0) is 84.5 Å². The highest BCUT2D eigenvalue weighted by atomic mass is 16.7. The van der Waals surface area contributed by atoms with Gasteiger partial charge in [0.2, 0.25) is 47.3 Å². The van der Waals surface area contributed by atoms with E-state index in [1.54, 1.807) is 155 Å². The number of hydroxylamine groups is 1. The molecule has 1 heterocycles. The summed E-state index contributed by atoms with van der Waals surface area (Å²) in [5.41, 5.74) is -2.49. The first kappa shape index (κ1) is 80.3. The van der Waals surface area contributed by atoms with Gasteiger partial charge in [0, 0.05) is 25.5 Å². The average Bonchev–Trinajstić information content (AvgIpc) is 1.19. The number of rotatable bonds is 31. The molecule has 2 aromatic rings. The van der Waals surface area contributed by atoms with Gasteiger partial charge in [-0.25, -0.2) is 29.4 Å². The van der Waals surface area contributed by atoms with Crippen LogP contribution in [0, 0.1) is 0 Å². The van der Waals surface area contributed by atoms with Crippen LogP contribution in [0.2, 0.25) is 0 Å². The number of nitrogens with zero attached hydrogens (tertiary/aromatic N) is 2. The molecule has 11 N–H and O–H groups in total. The summed E-state index contributed by atoms with van der Waals surface area (Å²) < 4.78 is 30.0. The van der Waals surface area contributed by atoms with Crippen LogP contribution >= 0.6 is 0 Å². The van der Waals surface area contributed by atoms with Crippen molar-refractivity contribution in [3.8, 4) is 0 Å². The normalized spacial score (nSPS) is 15.2. The molecule has 0 bridgehead atoms. The van der Waals surface area contributed by atoms with Crippen LogP contribution in [0.3, 0.4) is 0 Å². The third kappa shape index (κ3) is 32.5. The fourth-order valence-corrected chi connectivity index (χ4v) is 8.20. The van der Waals surface area contributed by atoms with Gasteiger partial charge in [-0.05, 0) is 150 Å². The Morgan fingerprint density at radius 2 is 1.01 bits per heavy atom. The molecule has 0 unspecified atom stereocenters. The molecule has 2 rings (SSSR count). The molecule has 30 nitrogen and oxygen atoms in total. The first-order valence-electron chi connectivity index (χ1n) is 30.2. The van der Waals surface area contributed by atoms with Gasteiger partial charge in [-0.2, -0.15) is 0 Å². The fraction of sp³-hybridized carbons (Fsp3) is 0.677. The van der Waals surface area contributed by atoms with E-state index in [4.69, 9.17) is 28.5 Å². The number of imidazole rings is 1. The SMILES string of the molecule is C[C@@H](OC(C)(C)C)[C@H](NC(=O)CNC(=O)[C@H](CCC(=O)NOC(C)(C)C)NC(=O)[C@@H](COC(C)(C)C)NC(=O)[C@H](Cc1cn(C(=O)OC(C)(C)C)cn1)NC(=O)OC(C)(C)C)C(=O)N[C@@H](Cc1ccccc1)C(=O)N[C@H](C(=O)N[C@@H](CO)C(=O)O)[C@@H](C)OC(C)(C)C. The summed E-state index contributed by atoms with van der Waals surface area (Å²) in [7, 11) is 0. The number of carbonyl (C=O) groups is 11. The third-order valence-corrected chi connectivity index (χ3v) is 12.1. The van der Waals surface area contributed by atoms with Gasteiger partial charge >= 0.3 is 18.2 Å². The number of aliphatic hydroxyl groups excluding tert-OH is 1. The van der Waals surface area contributed by atoms with E-state index in [0.29, 0.717) is 5.56 Å². The highest BCUT2D eigenvalue weighted by molar-refractivity contribution is 5.97. The van der Waals surface area contributed by atoms with Crippen LogP contribution in [0.5, 0.6) is 0 Å². The third-order valence-electron chi connectivity index (χ3n) is 12.1. The quantitative estimate of drug-likeness (QED) is 0.0482. The highest BCUT2D eigenvalue weighted by Gasteiger charge is 2.39. The standard InChI is InChI=1S/C62H101N11O19/c1-35(88-58(6,7)8)46(52(81)66-40(28-37-24-22-21-23-25-37)50(79)71-47(36(2)89-59(9,10)11)53(82)67-42(32-74)54(83)84)70-45(76)30-63-48(77)39(26-27-44(75)72-92-62(18,19)20)65-51(80)43(33-87-57(3,4)5)68-49(78)41(69-55(85)90-60(12,13)14)29-38-31-73(34-64-38)56(86)91-61(15,16)17/h21-25,31,34-36,39-43,46-47,74H,26-30,32-33H2,1-20H3,(H,63,77)(H,65,80)(H,66,81)(H,67,82)(H,68,78)(H,69,85)(H,70,76)(H,71,79)(H,72,75)(H,83,84)/t35-,36-,39+,40+,41+,42+,43-,46+,47+/m1/s1. The molecule has 9 atom stereocenters. The summed E-state index contributed by atoms with van der Waals surface area (Å²) in [6.07, 6.45) is -3.03. The molecule has 9 amide bonds. The lowest BCUT2D eigenvalue weighted by Crippen LogP contribution is -2.63. The summed E-state index contributed by atoms with van der Waals surface area (Å²) >= 11 is 0. The van der Waals surface area contributed by atoms with Crippen LogP contribution in [0.25, 0.3) is 0 Å². The van der Waals surface area contributed by atoms with E-state index in [1.807, 2.05) is 0 Å². The number of benzene rings is 1. The zero-order valence-corrected chi connectivity index (χ0v) is 56.9. The van der Waals surface area contributed by atoms with Gasteiger partial charge in [0.1, 0.15) is 59.8 Å². The lowest BCUT2D eigenvalue weighted by molar-refractivity contribution is -0.146. The lowest BCUT2D eigenvalue weighted by Gasteiger charge is -2.33. The predicted molar refractivity (Wildman–Crippen MR) is 335 cm³/mol. The number of aliphatic hydroxyl groups is 1. The van der Waals surface area contributed by atoms with Crippen molar-refractivity contribution in [1.82, 2.24) is 57.6 Å². The van der Waals surface area contributed by atoms with Crippen LogP contribution in [0.4, 0.5) is 9.59 Å². The van der Waals surface area contributed by atoms with E-state index in [-0.39, 0.29) is 18.5 Å². The number of carboxylic acid groups (broad SMARTS) is 1. The summed E-state index contributed by atoms with van der Waals surface area (Å²) in [6.45, 7) is 30.5. The number of hydrogen-bond acceptors (Lipinski definition) is 19. The number of ether oxygens (including phenoxy) is 5. The maximum absolute atomic E-state index is 14.7. The maximum Gasteiger partial charge on any atom is 0.419 e.